The van der Waals surface area contributed by atoms with Crippen LogP contribution in [-0.4, -0.2) is 45.3 Å². The van der Waals surface area contributed by atoms with E-state index in [1.54, 1.807) is 24.0 Å². The number of carbonyl (C=O) groups is 1. The van der Waals surface area contributed by atoms with Crippen LogP contribution in [-0.2, 0) is 16.2 Å². The van der Waals surface area contributed by atoms with Gasteiger partial charge in [0.2, 0.25) is 5.95 Å². The van der Waals surface area contributed by atoms with Gasteiger partial charge in [0.1, 0.15) is 5.71 Å². The highest BCUT2D eigenvalue weighted by molar-refractivity contribution is 7.07. The number of oxime groups is 1. The van der Waals surface area contributed by atoms with Crippen LogP contribution >= 0.6 is 11.3 Å². The first-order chi connectivity index (χ1) is 12.2. The van der Waals surface area contributed by atoms with Crippen LogP contribution in [0.15, 0.2) is 34.5 Å². The van der Waals surface area contributed by atoms with E-state index in [4.69, 9.17) is 4.84 Å². The standard InChI is InChI=1S/C16H18N6O2S/c23-14(19-8-12-9-25-11-20-12)13-7-16(24-21-13)3-1-6-22(10-16)15-17-4-2-5-18-15/h2,4-5,9,11H,1,3,6-8,10H2,(H,19,23). The van der Waals surface area contributed by atoms with Gasteiger partial charge in [0, 0.05) is 30.7 Å². The molecule has 2 aliphatic rings. The Bertz CT molecular complexity index is 766. The number of hydrogen-bond donors (Lipinski definition) is 1. The summed E-state index contributed by atoms with van der Waals surface area (Å²) in [4.78, 5) is 32.9. The molecule has 1 saturated heterocycles. The molecule has 130 valence electrons. The summed E-state index contributed by atoms with van der Waals surface area (Å²) in [6.07, 6.45) is 5.77. The Morgan fingerprint density at radius 2 is 2.24 bits per heavy atom. The molecule has 2 aliphatic heterocycles. The SMILES string of the molecule is O=C(NCc1cscn1)C1=NOC2(CCCN(c3ncccn3)C2)C1. The van der Waals surface area contributed by atoms with Crippen molar-refractivity contribution in [2.75, 3.05) is 18.0 Å². The lowest BCUT2D eigenvalue weighted by molar-refractivity contribution is -0.115. The Kier molecular flexibility index (Phi) is 4.31. The largest absolute Gasteiger partial charge is 0.386 e. The average molecular weight is 358 g/mol. The lowest BCUT2D eigenvalue weighted by atomic mass is 9.88. The van der Waals surface area contributed by atoms with Gasteiger partial charge in [-0.3, -0.25) is 4.79 Å². The van der Waals surface area contributed by atoms with Crippen molar-refractivity contribution in [3.63, 3.8) is 0 Å². The first-order valence-electron chi connectivity index (χ1n) is 8.16. The van der Waals surface area contributed by atoms with Crippen molar-refractivity contribution in [1.82, 2.24) is 20.3 Å². The van der Waals surface area contributed by atoms with Crippen molar-refractivity contribution in [3.8, 4) is 0 Å². The third-order valence-corrected chi connectivity index (χ3v) is 5.02. The van der Waals surface area contributed by atoms with Gasteiger partial charge in [0.15, 0.2) is 5.60 Å². The Balaban J connectivity index is 1.37. The fourth-order valence-corrected chi connectivity index (χ4v) is 3.74. The number of carbonyl (C=O) groups excluding carboxylic acids is 1. The molecule has 9 heteroatoms. The molecule has 4 heterocycles. The summed E-state index contributed by atoms with van der Waals surface area (Å²) in [6.45, 7) is 1.90. The summed E-state index contributed by atoms with van der Waals surface area (Å²) >= 11 is 1.50. The molecule has 1 atom stereocenters. The molecule has 2 aromatic heterocycles. The maximum atomic E-state index is 12.3. The summed E-state index contributed by atoms with van der Waals surface area (Å²) in [7, 11) is 0. The molecule has 1 N–H and O–H groups in total. The van der Waals surface area contributed by atoms with Gasteiger partial charge in [-0.05, 0) is 18.9 Å². The van der Waals surface area contributed by atoms with E-state index in [0.717, 1.165) is 25.1 Å². The summed E-state index contributed by atoms with van der Waals surface area (Å²) in [6, 6.07) is 1.79. The zero-order chi connectivity index (χ0) is 17.1. The Hall–Kier alpha value is -2.55. The molecule has 0 radical (unpaired) electrons. The van der Waals surface area contributed by atoms with Crippen LogP contribution in [0, 0.1) is 0 Å². The molecule has 0 bridgehead atoms. The van der Waals surface area contributed by atoms with Crippen molar-refractivity contribution < 1.29 is 9.63 Å². The minimum Gasteiger partial charge on any atom is -0.386 e. The molecular formula is C16H18N6O2S. The van der Waals surface area contributed by atoms with Crippen molar-refractivity contribution in [2.45, 2.75) is 31.4 Å². The zero-order valence-electron chi connectivity index (χ0n) is 13.6. The fraction of sp³-hybridized carbons (Fsp3) is 0.438. The highest BCUT2D eigenvalue weighted by Crippen LogP contribution is 2.34. The van der Waals surface area contributed by atoms with Gasteiger partial charge in [-0.1, -0.05) is 5.16 Å². The van der Waals surface area contributed by atoms with Gasteiger partial charge in [-0.15, -0.1) is 11.3 Å². The molecule has 25 heavy (non-hydrogen) atoms. The lowest BCUT2D eigenvalue weighted by Crippen LogP contribution is -2.49. The Labute approximate surface area is 148 Å². The maximum absolute atomic E-state index is 12.3. The van der Waals surface area contributed by atoms with E-state index in [-0.39, 0.29) is 5.91 Å². The van der Waals surface area contributed by atoms with Crippen LogP contribution in [0.2, 0.25) is 0 Å². The second-order valence-corrected chi connectivity index (χ2v) is 6.94. The molecule has 1 spiro atoms. The first-order valence-corrected chi connectivity index (χ1v) is 9.11. The molecule has 2 aromatic rings. The van der Waals surface area contributed by atoms with E-state index >= 15 is 0 Å². The molecule has 0 aromatic carbocycles. The van der Waals surface area contributed by atoms with Crippen molar-refractivity contribution in [3.05, 3.63) is 35.0 Å². The number of nitrogens with zero attached hydrogens (tertiary/aromatic N) is 5. The highest BCUT2D eigenvalue weighted by Gasteiger charge is 2.45. The monoisotopic (exact) mass is 358 g/mol. The maximum Gasteiger partial charge on any atom is 0.269 e. The number of hydrogen-bond acceptors (Lipinski definition) is 8. The van der Waals surface area contributed by atoms with E-state index in [1.807, 2.05) is 5.38 Å². The van der Waals surface area contributed by atoms with Crippen LogP contribution in [0.25, 0.3) is 0 Å². The Morgan fingerprint density at radius 3 is 3.04 bits per heavy atom. The molecule has 0 aliphatic carbocycles. The minimum atomic E-state index is -0.468. The minimum absolute atomic E-state index is 0.196. The third kappa shape index (κ3) is 3.46. The Morgan fingerprint density at radius 1 is 1.36 bits per heavy atom. The molecule has 0 saturated carbocycles. The number of nitrogens with one attached hydrogen (secondary N) is 1. The number of anilines is 1. The summed E-state index contributed by atoms with van der Waals surface area (Å²) in [5.41, 5.74) is 2.56. The van der Waals surface area contributed by atoms with Crippen LogP contribution in [0.5, 0.6) is 0 Å². The van der Waals surface area contributed by atoms with Gasteiger partial charge >= 0.3 is 0 Å². The number of amides is 1. The second kappa shape index (κ2) is 6.75. The van der Waals surface area contributed by atoms with Gasteiger partial charge in [-0.2, -0.15) is 0 Å². The highest BCUT2D eigenvalue weighted by atomic mass is 32.1. The predicted molar refractivity (Wildman–Crippen MR) is 93.3 cm³/mol. The predicted octanol–water partition coefficient (Wildman–Crippen LogP) is 1.36. The summed E-state index contributed by atoms with van der Waals surface area (Å²) in [5, 5.41) is 8.82. The van der Waals surface area contributed by atoms with E-state index in [0.29, 0.717) is 31.2 Å². The topological polar surface area (TPSA) is 92.6 Å². The molecule has 1 fully saturated rings. The number of thiazole rings is 1. The summed E-state index contributed by atoms with van der Waals surface area (Å²) < 4.78 is 0. The zero-order valence-corrected chi connectivity index (χ0v) is 14.4. The van der Waals surface area contributed by atoms with Crippen molar-refractivity contribution in [1.29, 1.82) is 0 Å². The molecule has 8 nitrogen and oxygen atoms in total. The molecular weight excluding hydrogens is 340 g/mol. The smallest absolute Gasteiger partial charge is 0.269 e. The second-order valence-electron chi connectivity index (χ2n) is 6.23. The van der Waals surface area contributed by atoms with Crippen LogP contribution < -0.4 is 10.2 Å². The normalized spacial score (nSPS) is 22.6. The van der Waals surface area contributed by atoms with Gasteiger partial charge in [0.05, 0.1) is 24.3 Å². The molecule has 4 rings (SSSR count). The van der Waals surface area contributed by atoms with E-state index < -0.39 is 5.60 Å². The fourth-order valence-electron chi connectivity index (χ4n) is 3.18. The van der Waals surface area contributed by atoms with Crippen molar-refractivity contribution in [2.24, 2.45) is 5.16 Å². The average Bonchev–Trinajstić information content (AvgIpc) is 3.31. The van der Waals surface area contributed by atoms with Crippen LogP contribution in [0.4, 0.5) is 5.95 Å². The third-order valence-electron chi connectivity index (χ3n) is 4.39. The number of aromatic nitrogens is 3. The van der Waals surface area contributed by atoms with E-state index in [2.05, 4.69) is 30.3 Å². The van der Waals surface area contributed by atoms with Crippen molar-refractivity contribution >= 4 is 28.9 Å². The number of piperidine rings is 1. The molecule has 1 unspecified atom stereocenters. The summed E-state index contributed by atoms with van der Waals surface area (Å²) in [5.74, 6) is 0.490. The lowest BCUT2D eigenvalue weighted by Gasteiger charge is -2.38. The van der Waals surface area contributed by atoms with Gasteiger partial charge < -0.3 is 15.1 Å². The first kappa shape index (κ1) is 15.9. The van der Waals surface area contributed by atoms with Crippen LogP contribution in [0.3, 0.4) is 0 Å². The van der Waals surface area contributed by atoms with Gasteiger partial charge in [0.25, 0.3) is 5.91 Å². The quantitative estimate of drug-likeness (QED) is 0.887. The molecule has 1 amide bonds. The van der Waals surface area contributed by atoms with E-state index in [9.17, 15) is 4.79 Å². The number of rotatable bonds is 4. The van der Waals surface area contributed by atoms with E-state index in [1.165, 1.54) is 11.3 Å². The van der Waals surface area contributed by atoms with Crippen LogP contribution in [0.1, 0.15) is 25.0 Å². The van der Waals surface area contributed by atoms with Gasteiger partial charge in [-0.25, -0.2) is 15.0 Å².